The fraction of sp³-hybridized carbons (Fsp3) is 0.846. The minimum Gasteiger partial charge on any atom is -0.388 e. The van der Waals surface area contributed by atoms with Crippen molar-refractivity contribution in [3.8, 4) is 0 Å². The Morgan fingerprint density at radius 3 is 2.07 bits per heavy atom. The van der Waals surface area contributed by atoms with Gasteiger partial charge in [-0.15, -0.1) is 6.58 Å². The van der Waals surface area contributed by atoms with Crippen molar-refractivity contribution in [1.82, 2.24) is 0 Å². The molecule has 2 fully saturated rings. The molecule has 0 radical (unpaired) electrons. The highest BCUT2D eigenvalue weighted by Gasteiger charge is 2.63. The van der Waals surface area contributed by atoms with Gasteiger partial charge in [0.15, 0.2) is 0 Å². The smallest absolute Gasteiger partial charge is 0.0788 e. The first-order valence-electron chi connectivity index (χ1n) is 5.81. The molecule has 2 saturated carbocycles. The van der Waals surface area contributed by atoms with E-state index in [1.54, 1.807) is 0 Å². The van der Waals surface area contributed by atoms with Gasteiger partial charge in [0.1, 0.15) is 0 Å². The Labute approximate surface area is 87.2 Å². The van der Waals surface area contributed by atoms with E-state index in [4.69, 9.17) is 0 Å². The molecule has 1 nitrogen and oxygen atoms in total. The van der Waals surface area contributed by atoms with Gasteiger partial charge in [0.2, 0.25) is 0 Å². The van der Waals surface area contributed by atoms with E-state index in [2.05, 4.69) is 20.4 Å². The SMILES string of the molecule is C=CCC1(O)C2(C)CCCC1(C)CC2. The monoisotopic (exact) mass is 194 g/mol. The maximum absolute atomic E-state index is 10.9. The predicted molar refractivity (Wildman–Crippen MR) is 59.1 cm³/mol. The molecule has 0 aromatic heterocycles. The second kappa shape index (κ2) is 2.85. The molecule has 2 unspecified atom stereocenters. The summed E-state index contributed by atoms with van der Waals surface area (Å²) in [6.45, 7) is 8.33. The molecule has 0 aliphatic heterocycles. The van der Waals surface area contributed by atoms with Crippen molar-refractivity contribution in [3.63, 3.8) is 0 Å². The van der Waals surface area contributed by atoms with Crippen molar-refractivity contribution in [2.75, 3.05) is 0 Å². The van der Waals surface area contributed by atoms with Crippen LogP contribution in [0.15, 0.2) is 12.7 Å². The van der Waals surface area contributed by atoms with E-state index in [-0.39, 0.29) is 10.8 Å². The number of hydrogen-bond donors (Lipinski definition) is 1. The van der Waals surface area contributed by atoms with Gasteiger partial charge in [0, 0.05) is 0 Å². The molecular formula is C13H22O. The fourth-order valence-corrected chi connectivity index (χ4v) is 3.93. The van der Waals surface area contributed by atoms with Crippen molar-refractivity contribution in [3.05, 3.63) is 12.7 Å². The molecule has 0 heterocycles. The number of fused-ring (bicyclic) bond motifs is 2. The molecule has 2 aliphatic rings. The van der Waals surface area contributed by atoms with Crippen LogP contribution in [-0.4, -0.2) is 10.7 Å². The van der Waals surface area contributed by atoms with Crippen LogP contribution in [0.3, 0.4) is 0 Å². The van der Waals surface area contributed by atoms with Crippen LogP contribution < -0.4 is 0 Å². The van der Waals surface area contributed by atoms with Crippen LogP contribution in [0, 0.1) is 10.8 Å². The average molecular weight is 194 g/mol. The van der Waals surface area contributed by atoms with Crippen LogP contribution in [0.5, 0.6) is 0 Å². The van der Waals surface area contributed by atoms with Gasteiger partial charge in [0.25, 0.3) is 0 Å². The molecule has 2 aliphatic carbocycles. The first kappa shape index (κ1) is 10.2. The normalized spacial score (nSPS) is 51.9. The van der Waals surface area contributed by atoms with E-state index in [9.17, 15) is 5.11 Å². The summed E-state index contributed by atoms with van der Waals surface area (Å²) in [5, 5.41) is 10.9. The van der Waals surface area contributed by atoms with E-state index in [1.165, 1.54) is 32.1 Å². The van der Waals surface area contributed by atoms with Crippen molar-refractivity contribution in [2.45, 2.75) is 58.0 Å². The molecule has 0 aromatic carbocycles. The van der Waals surface area contributed by atoms with Gasteiger partial charge in [-0.3, -0.25) is 0 Å². The summed E-state index contributed by atoms with van der Waals surface area (Å²) in [5.74, 6) is 0. The summed E-state index contributed by atoms with van der Waals surface area (Å²) in [5.41, 5.74) is -0.192. The Morgan fingerprint density at radius 1 is 1.14 bits per heavy atom. The molecular weight excluding hydrogens is 172 g/mol. The molecule has 0 saturated heterocycles. The Balaban J connectivity index is 2.41. The van der Waals surface area contributed by atoms with Gasteiger partial charge in [-0.05, 0) is 42.9 Å². The van der Waals surface area contributed by atoms with Gasteiger partial charge in [-0.1, -0.05) is 26.3 Å². The molecule has 14 heavy (non-hydrogen) atoms. The van der Waals surface area contributed by atoms with Crippen molar-refractivity contribution in [1.29, 1.82) is 0 Å². The zero-order chi connectivity index (χ0) is 10.4. The number of aliphatic hydroxyl groups is 1. The third kappa shape index (κ3) is 0.995. The van der Waals surface area contributed by atoms with Gasteiger partial charge >= 0.3 is 0 Å². The molecule has 2 bridgehead atoms. The zero-order valence-corrected chi connectivity index (χ0v) is 9.47. The lowest BCUT2D eigenvalue weighted by Crippen LogP contribution is -2.54. The predicted octanol–water partition coefficient (Wildman–Crippen LogP) is 3.28. The summed E-state index contributed by atoms with van der Waals surface area (Å²) >= 11 is 0. The highest BCUT2D eigenvalue weighted by Crippen LogP contribution is 2.65. The second-order valence-electron chi connectivity index (χ2n) is 5.83. The quantitative estimate of drug-likeness (QED) is 0.669. The van der Waals surface area contributed by atoms with Crippen LogP contribution in [0.1, 0.15) is 52.4 Å². The van der Waals surface area contributed by atoms with Gasteiger partial charge < -0.3 is 5.11 Å². The molecule has 2 rings (SSSR count). The highest BCUT2D eigenvalue weighted by atomic mass is 16.3. The third-order valence-corrected chi connectivity index (χ3v) is 5.12. The van der Waals surface area contributed by atoms with Crippen LogP contribution in [0.4, 0.5) is 0 Å². The van der Waals surface area contributed by atoms with E-state index in [0.717, 1.165) is 6.42 Å². The lowest BCUT2D eigenvalue weighted by Gasteiger charge is -2.52. The van der Waals surface area contributed by atoms with Gasteiger partial charge in [-0.2, -0.15) is 0 Å². The van der Waals surface area contributed by atoms with Crippen molar-refractivity contribution >= 4 is 0 Å². The van der Waals surface area contributed by atoms with Gasteiger partial charge in [-0.25, -0.2) is 0 Å². The maximum atomic E-state index is 10.9. The van der Waals surface area contributed by atoms with Crippen LogP contribution in [0.25, 0.3) is 0 Å². The van der Waals surface area contributed by atoms with E-state index in [1.807, 2.05) is 6.08 Å². The molecule has 0 amide bonds. The Morgan fingerprint density at radius 2 is 1.64 bits per heavy atom. The molecule has 80 valence electrons. The fourth-order valence-electron chi connectivity index (χ4n) is 3.93. The average Bonchev–Trinajstić information content (AvgIpc) is 2.26. The molecule has 2 atom stereocenters. The van der Waals surface area contributed by atoms with Crippen molar-refractivity contribution < 1.29 is 5.11 Å². The van der Waals surface area contributed by atoms with E-state index in [0.29, 0.717) is 0 Å². The first-order chi connectivity index (χ1) is 6.47. The standard InChI is InChI=1S/C13H22O/c1-4-6-13(14)11(2)7-5-8-12(13,3)10-9-11/h4,14H,1,5-10H2,2-3H3. The summed E-state index contributed by atoms with van der Waals surface area (Å²) in [6, 6.07) is 0. The summed E-state index contributed by atoms with van der Waals surface area (Å²) < 4.78 is 0. The summed E-state index contributed by atoms with van der Waals surface area (Å²) in [7, 11) is 0. The lowest BCUT2D eigenvalue weighted by atomic mass is 9.57. The van der Waals surface area contributed by atoms with Crippen LogP contribution in [0.2, 0.25) is 0 Å². The Kier molecular flexibility index (Phi) is 2.08. The number of hydrogen-bond acceptors (Lipinski definition) is 1. The second-order valence-corrected chi connectivity index (χ2v) is 5.83. The summed E-state index contributed by atoms with van der Waals surface area (Å²) in [4.78, 5) is 0. The van der Waals surface area contributed by atoms with Gasteiger partial charge in [0.05, 0.1) is 5.60 Å². The van der Waals surface area contributed by atoms with Crippen molar-refractivity contribution in [2.24, 2.45) is 10.8 Å². The van der Waals surface area contributed by atoms with E-state index < -0.39 is 5.60 Å². The lowest BCUT2D eigenvalue weighted by molar-refractivity contribution is -0.146. The first-order valence-corrected chi connectivity index (χ1v) is 5.81. The molecule has 0 spiro atoms. The molecule has 1 heteroatoms. The topological polar surface area (TPSA) is 20.2 Å². The largest absolute Gasteiger partial charge is 0.388 e. The third-order valence-electron chi connectivity index (χ3n) is 5.12. The minimum atomic E-state index is -0.486. The summed E-state index contributed by atoms with van der Waals surface area (Å²) in [6.07, 6.45) is 8.70. The van der Waals surface area contributed by atoms with E-state index >= 15 is 0 Å². The Hall–Kier alpha value is -0.300. The molecule has 1 N–H and O–H groups in total. The minimum absolute atomic E-state index is 0.147. The molecule has 0 aromatic rings. The maximum Gasteiger partial charge on any atom is 0.0788 e. The van der Waals surface area contributed by atoms with Crippen LogP contribution >= 0.6 is 0 Å². The zero-order valence-electron chi connectivity index (χ0n) is 9.47. The highest BCUT2D eigenvalue weighted by molar-refractivity contribution is 5.16. The van der Waals surface area contributed by atoms with Crippen LogP contribution in [-0.2, 0) is 0 Å². The number of rotatable bonds is 2. The Bertz CT molecular complexity index is 240.